The van der Waals surface area contributed by atoms with Crippen molar-refractivity contribution in [3.63, 3.8) is 0 Å². The summed E-state index contributed by atoms with van der Waals surface area (Å²) in [4.78, 5) is 4.30. The summed E-state index contributed by atoms with van der Waals surface area (Å²) in [5.41, 5.74) is 6.99. The summed E-state index contributed by atoms with van der Waals surface area (Å²) in [6, 6.07) is 10.6. The maximum Gasteiger partial charge on any atom is 0.188 e. The predicted molar refractivity (Wildman–Crippen MR) is 100 cm³/mol. The largest absolute Gasteiger partial charge is 0.377 e. The van der Waals surface area contributed by atoms with Gasteiger partial charge in [-0.3, -0.25) is 4.99 Å². The normalized spacial score (nSPS) is 12.6. The van der Waals surface area contributed by atoms with Gasteiger partial charge < -0.3 is 15.8 Å². The Bertz CT molecular complexity index is 384. The highest BCUT2D eigenvalue weighted by Gasteiger charge is 1.98. The highest BCUT2D eigenvalue weighted by molar-refractivity contribution is 14.0. The second kappa shape index (κ2) is 12.9. The summed E-state index contributed by atoms with van der Waals surface area (Å²) in [5, 5.41) is 3.15. The van der Waals surface area contributed by atoms with Gasteiger partial charge in [0.1, 0.15) is 0 Å². The van der Waals surface area contributed by atoms with Crippen molar-refractivity contribution in [3.05, 3.63) is 35.9 Å². The molecule has 0 aliphatic heterocycles. The Morgan fingerprint density at radius 1 is 1.29 bits per heavy atom. The van der Waals surface area contributed by atoms with Crippen molar-refractivity contribution in [2.24, 2.45) is 10.7 Å². The molecule has 5 heteroatoms. The van der Waals surface area contributed by atoms with E-state index >= 15 is 0 Å². The van der Waals surface area contributed by atoms with Crippen LogP contribution >= 0.6 is 24.0 Å². The molecular formula is C16H28IN3O. The molecule has 0 fully saturated rings. The van der Waals surface area contributed by atoms with Gasteiger partial charge in [0.15, 0.2) is 5.96 Å². The number of aliphatic imine (C=N–C) groups is 1. The Morgan fingerprint density at radius 3 is 2.67 bits per heavy atom. The van der Waals surface area contributed by atoms with Gasteiger partial charge in [0.25, 0.3) is 0 Å². The minimum atomic E-state index is 0. The van der Waals surface area contributed by atoms with Gasteiger partial charge in [0, 0.05) is 19.2 Å². The van der Waals surface area contributed by atoms with Crippen molar-refractivity contribution in [2.45, 2.75) is 45.8 Å². The summed E-state index contributed by atoms with van der Waals surface area (Å²) in [7, 11) is 0. The number of rotatable bonds is 9. The summed E-state index contributed by atoms with van der Waals surface area (Å²) in [6.45, 7) is 6.42. The van der Waals surface area contributed by atoms with E-state index in [0.29, 0.717) is 18.6 Å². The first kappa shape index (κ1) is 20.2. The minimum Gasteiger partial charge on any atom is -0.377 e. The van der Waals surface area contributed by atoms with Gasteiger partial charge >= 0.3 is 0 Å². The van der Waals surface area contributed by atoms with Gasteiger partial charge in [-0.15, -0.1) is 24.0 Å². The van der Waals surface area contributed by atoms with Gasteiger partial charge in [0.2, 0.25) is 0 Å². The first-order valence-electron chi connectivity index (χ1n) is 7.40. The van der Waals surface area contributed by atoms with E-state index < -0.39 is 0 Å². The van der Waals surface area contributed by atoms with Crippen molar-refractivity contribution in [1.29, 1.82) is 0 Å². The molecule has 1 aromatic carbocycles. The molecule has 1 rings (SSSR count). The fourth-order valence-electron chi connectivity index (χ4n) is 1.68. The van der Waals surface area contributed by atoms with Crippen LogP contribution in [0.25, 0.3) is 0 Å². The third-order valence-electron chi connectivity index (χ3n) is 3.10. The Morgan fingerprint density at radius 2 is 2.00 bits per heavy atom. The lowest BCUT2D eigenvalue weighted by Crippen LogP contribution is -2.38. The molecule has 0 radical (unpaired) electrons. The highest BCUT2D eigenvalue weighted by Crippen LogP contribution is 2.01. The molecule has 0 saturated carbocycles. The van der Waals surface area contributed by atoms with Crippen LogP contribution in [0.3, 0.4) is 0 Å². The van der Waals surface area contributed by atoms with E-state index in [2.05, 4.69) is 36.3 Å². The molecule has 0 saturated heterocycles. The fourth-order valence-corrected chi connectivity index (χ4v) is 1.68. The number of hydrogen-bond donors (Lipinski definition) is 2. The molecule has 1 aromatic rings. The molecule has 3 N–H and O–H groups in total. The van der Waals surface area contributed by atoms with Crippen molar-refractivity contribution < 1.29 is 4.74 Å². The van der Waals surface area contributed by atoms with E-state index in [1.54, 1.807) is 0 Å². The highest BCUT2D eigenvalue weighted by atomic mass is 127. The molecule has 120 valence electrons. The second-order valence-electron chi connectivity index (χ2n) is 4.97. The smallest absolute Gasteiger partial charge is 0.188 e. The number of benzene rings is 1. The van der Waals surface area contributed by atoms with Crippen LogP contribution in [0.4, 0.5) is 0 Å². The topological polar surface area (TPSA) is 59.6 Å². The number of unbranched alkanes of at least 4 members (excludes halogenated alkanes) is 1. The Balaban J connectivity index is 0.00000400. The van der Waals surface area contributed by atoms with Crippen LogP contribution in [0.2, 0.25) is 0 Å². The lowest BCUT2D eigenvalue weighted by molar-refractivity contribution is 0.117. The van der Waals surface area contributed by atoms with E-state index in [-0.39, 0.29) is 24.0 Å². The van der Waals surface area contributed by atoms with Crippen molar-refractivity contribution in [1.82, 2.24) is 5.32 Å². The molecular weight excluding hydrogens is 377 g/mol. The van der Waals surface area contributed by atoms with Gasteiger partial charge in [0.05, 0.1) is 6.61 Å². The lowest BCUT2D eigenvalue weighted by atomic mass is 10.2. The Labute approximate surface area is 145 Å². The molecule has 0 heterocycles. The summed E-state index contributed by atoms with van der Waals surface area (Å²) in [6.07, 6.45) is 3.05. The average molecular weight is 405 g/mol. The Hall–Kier alpha value is -0.820. The minimum absolute atomic E-state index is 0. The van der Waals surface area contributed by atoms with E-state index in [1.165, 1.54) is 5.56 Å². The van der Waals surface area contributed by atoms with Gasteiger partial charge in [-0.1, -0.05) is 37.3 Å². The zero-order valence-corrected chi connectivity index (χ0v) is 15.4. The van der Waals surface area contributed by atoms with Crippen molar-refractivity contribution >= 4 is 29.9 Å². The second-order valence-corrected chi connectivity index (χ2v) is 4.97. The third kappa shape index (κ3) is 10.5. The first-order chi connectivity index (χ1) is 9.72. The number of hydrogen-bond acceptors (Lipinski definition) is 2. The molecule has 21 heavy (non-hydrogen) atoms. The maximum atomic E-state index is 5.77. The van der Waals surface area contributed by atoms with E-state index in [4.69, 9.17) is 10.5 Å². The molecule has 0 spiro atoms. The summed E-state index contributed by atoms with van der Waals surface area (Å²) >= 11 is 0. The van der Waals surface area contributed by atoms with Crippen LogP contribution in [0.5, 0.6) is 0 Å². The SMILES string of the molecule is CCC(C)NC(N)=NCCCCOCc1ccccc1.I. The van der Waals surface area contributed by atoms with E-state index in [1.807, 2.05) is 18.2 Å². The van der Waals surface area contributed by atoms with Crippen LogP contribution in [-0.4, -0.2) is 25.2 Å². The van der Waals surface area contributed by atoms with E-state index in [9.17, 15) is 0 Å². The van der Waals surface area contributed by atoms with Crippen LogP contribution in [0.15, 0.2) is 35.3 Å². The van der Waals surface area contributed by atoms with Crippen molar-refractivity contribution in [2.75, 3.05) is 13.2 Å². The average Bonchev–Trinajstić information content (AvgIpc) is 2.47. The van der Waals surface area contributed by atoms with Crippen molar-refractivity contribution in [3.8, 4) is 0 Å². The number of guanidine groups is 1. The number of nitrogens with zero attached hydrogens (tertiary/aromatic N) is 1. The van der Waals surface area contributed by atoms with Gasteiger partial charge in [-0.25, -0.2) is 0 Å². The number of nitrogens with two attached hydrogens (primary N) is 1. The number of ether oxygens (including phenoxy) is 1. The van der Waals surface area contributed by atoms with Crippen LogP contribution in [-0.2, 0) is 11.3 Å². The van der Waals surface area contributed by atoms with Crippen LogP contribution < -0.4 is 11.1 Å². The third-order valence-corrected chi connectivity index (χ3v) is 3.10. The number of halogens is 1. The van der Waals surface area contributed by atoms with E-state index in [0.717, 1.165) is 32.4 Å². The molecule has 0 bridgehead atoms. The monoisotopic (exact) mass is 405 g/mol. The molecule has 0 amide bonds. The van der Waals surface area contributed by atoms with Gasteiger partial charge in [-0.05, 0) is 31.7 Å². The lowest BCUT2D eigenvalue weighted by Gasteiger charge is -2.11. The summed E-state index contributed by atoms with van der Waals surface area (Å²) < 4.78 is 5.61. The zero-order chi connectivity index (χ0) is 14.6. The quantitative estimate of drug-likeness (QED) is 0.287. The molecule has 0 aliphatic rings. The molecule has 1 unspecified atom stereocenters. The Kier molecular flexibility index (Phi) is 12.4. The maximum absolute atomic E-state index is 5.77. The molecule has 0 aromatic heterocycles. The van der Waals surface area contributed by atoms with Crippen LogP contribution in [0, 0.1) is 0 Å². The van der Waals surface area contributed by atoms with Gasteiger partial charge in [-0.2, -0.15) is 0 Å². The molecule has 4 nitrogen and oxygen atoms in total. The van der Waals surface area contributed by atoms with Crippen LogP contribution in [0.1, 0.15) is 38.7 Å². The zero-order valence-electron chi connectivity index (χ0n) is 13.0. The number of nitrogens with one attached hydrogen (secondary N) is 1. The molecule has 1 atom stereocenters. The predicted octanol–water partition coefficient (Wildman–Crippen LogP) is 3.30. The standard InChI is InChI=1S/C16H27N3O.HI/c1-3-14(2)19-16(17)18-11-7-8-12-20-13-15-9-5-4-6-10-15;/h4-6,9-10,14H,3,7-8,11-13H2,1-2H3,(H3,17,18,19);1H. The molecule has 0 aliphatic carbocycles. The summed E-state index contributed by atoms with van der Waals surface area (Å²) in [5.74, 6) is 0.546. The first-order valence-corrected chi connectivity index (χ1v) is 7.40. The fraction of sp³-hybridized carbons (Fsp3) is 0.562.